The number of amides is 1. The standard InChI is InChI=1S/C22H24ClN3O4.C2HF3O2/c1-13(24-11-19(27)14-4-2-5-16(23)9-14)8-15-10-25-21-17(15)6-3-7-18(21)22(30)26-12-20(28)29;3-2(4,5)1(6)7/h2-7,9-10,13,19,24-25,27H,8,11-12H2,1H3,(H,26,30)(H,28,29);(H,6,7)/t13-,19+;/m1./s1. The third-order valence-corrected chi connectivity index (χ3v) is 5.34. The van der Waals surface area contributed by atoms with E-state index in [2.05, 4.69) is 15.6 Å². The summed E-state index contributed by atoms with van der Waals surface area (Å²) in [4.78, 5) is 35.0. The van der Waals surface area contributed by atoms with Crippen molar-refractivity contribution in [3.63, 3.8) is 0 Å². The molecular weight excluding hydrogens is 519 g/mol. The van der Waals surface area contributed by atoms with Crippen LogP contribution in [0.25, 0.3) is 10.9 Å². The van der Waals surface area contributed by atoms with E-state index < -0.39 is 36.7 Å². The van der Waals surface area contributed by atoms with Gasteiger partial charge in [-0.15, -0.1) is 0 Å². The number of hydrogen-bond donors (Lipinski definition) is 6. The number of carbonyl (C=O) groups excluding carboxylic acids is 1. The van der Waals surface area contributed by atoms with Gasteiger partial charge in [0.1, 0.15) is 6.54 Å². The number of H-pyrrole nitrogens is 1. The molecule has 3 rings (SSSR count). The topological polar surface area (TPSA) is 152 Å². The highest BCUT2D eigenvalue weighted by Crippen LogP contribution is 2.23. The monoisotopic (exact) mass is 543 g/mol. The highest BCUT2D eigenvalue weighted by Gasteiger charge is 2.38. The quantitative estimate of drug-likeness (QED) is 0.241. The molecule has 6 N–H and O–H groups in total. The van der Waals surface area contributed by atoms with Crippen LogP contribution in [0.5, 0.6) is 0 Å². The Hall–Kier alpha value is -3.61. The Morgan fingerprint density at radius 2 is 1.76 bits per heavy atom. The molecule has 9 nitrogen and oxygen atoms in total. The normalized spacial score (nSPS) is 12.8. The minimum atomic E-state index is -5.08. The average Bonchev–Trinajstić information content (AvgIpc) is 3.23. The van der Waals surface area contributed by atoms with Crippen LogP contribution in [-0.4, -0.2) is 63.5 Å². The number of para-hydroxylation sites is 1. The molecule has 37 heavy (non-hydrogen) atoms. The second-order valence-corrected chi connectivity index (χ2v) is 8.44. The van der Waals surface area contributed by atoms with E-state index in [1.54, 1.807) is 30.3 Å². The Bertz CT molecular complexity index is 1250. The number of aliphatic carboxylic acids is 2. The number of carboxylic acids is 2. The van der Waals surface area contributed by atoms with Gasteiger partial charge in [0.25, 0.3) is 5.91 Å². The highest BCUT2D eigenvalue weighted by atomic mass is 35.5. The van der Waals surface area contributed by atoms with Crippen LogP contribution in [0.3, 0.4) is 0 Å². The lowest BCUT2D eigenvalue weighted by molar-refractivity contribution is -0.192. The van der Waals surface area contributed by atoms with Gasteiger partial charge in [0.2, 0.25) is 0 Å². The molecule has 0 radical (unpaired) electrons. The van der Waals surface area contributed by atoms with Gasteiger partial charge in [0, 0.05) is 29.2 Å². The number of aromatic nitrogens is 1. The Kier molecular flexibility index (Phi) is 10.5. The SMILES string of the molecule is C[C@H](Cc1c[nH]c2c(C(=O)NCC(=O)O)cccc12)NC[C@H](O)c1cccc(Cl)c1.O=C(O)C(F)(F)F. The Morgan fingerprint density at radius 1 is 1.11 bits per heavy atom. The van der Waals surface area contributed by atoms with Crippen LogP contribution in [0.15, 0.2) is 48.7 Å². The van der Waals surface area contributed by atoms with E-state index in [0.717, 1.165) is 16.5 Å². The Labute approximate surface area is 214 Å². The van der Waals surface area contributed by atoms with Gasteiger partial charge in [0.15, 0.2) is 0 Å². The first-order chi connectivity index (χ1) is 17.3. The van der Waals surface area contributed by atoms with Crippen molar-refractivity contribution >= 4 is 40.3 Å². The van der Waals surface area contributed by atoms with Crippen molar-refractivity contribution < 1.29 is 42.9 Å². The lowest BCUT2D eigenvalue weighted by atomic mass is 10.0. The maximum atomic E-state index is 12.3. The van der Waals surface area contributed by atoms with E-state index in [-0.39, 0.29) is 6.04 Å². The maximum Gasteiger partial charge on any atom is 0.490 e. The number of aliphatic hydroxyl groups excluding tert-OH is 1. The van der Waals surface area contributed by atoms with Crippen LogP contribution >= 0.6 is 11.6 Å². The number of benzene rings is 2. The first-order valence-electron chi connectivity index (χ1n) is 10.9. The first-order valence-corrected chi connectivity index (χ1v) is 11.2. The van der Waals surface area contributed by atoms with Gasteiger partial charge >= 0.3 is 18.1 Å². The van der Waals surface area contributed by atoms with E-state index in [1.807, 2.05) is 25.3 Å². The summed E-state index contributed by atoms with van der Waals surface area (Å²) in [6.45, 7) is 1.97. The molecule has 1 heterocycles. The number of hydrogen-bond acceptors (Lipinski definition) is 5. The van der Waals surface area contributed by atoms with Crippen LogP contribution in [0, 0.1) is 0 Å². The molecule has 13 heteroatoms. The molecule has 0 unspecified atom stereocenters. The van der Waals surface area contributed by atoms with Crippen molar-refractivity contribution in [2.24, 2.45) is 0 Å². The number of carboxylic acid groups (broad SMARTS) is 2. The van der Waals surface area contributed by atoms with E-state index in [9.17, 15) is 27.9 Å². The van der Waals surface area contributed by atoms with E-state index in [0.29, 0.717) is 29.1 Å². The van der Waals surface area contributed by atoms with E-state index >= 15 is 0 Å². The fraction of sp³-hybridized carbons (Fsp3) is 0.292. The zero-order valence-corrected chi connectivity index (χ0v) is 20.2. The molecule has 0 aliphatic carbocycles. The maximum absolute atomic E-state index is 12.3. The van der Waals surface area contributed by atoms with Crippen molar-refractivity contribution in [1.82, 2.24) is 15.6 Å². The van der Waals surface area contributed by atoms with Gasteiger partial charge in [0.05, 0.1) is 17.2 Å². The second kappa shape index (κ2) is 13.1. The van der Waals surface area contributed by atoms with Crippen LogP contribution < -0.4 is 10.6 Å². The minimum absolute atomic E-state index is 0.0716. The number of rotatable bonds is 9. The fourth-order valence-electron chi connectivity index (χ4n) is 3.37. The molecule has 0 saturated heterocycles. The Balaban J connectivity index is 0.000000604. The zero-order valence-electron chi connectivity index (χ0n) is 19.5. The Morgan fingerprint density at radius 3 is 2.35 bits per heavy atom. The third kappa shape index (κ3) is 9.08. The van der Waals surface area contributed by atoms with Gasteiger partial charge in [-0.2, -0.15) is 13.2 Å². The average molecular weight is 544 g/mol. The summed E-state index contributed by atoms with van der Waals surface area (Å²) in [6, 6.07) is 12.6. The molecule has 200 valence electrons. The van der Waals surface area contributed by atoms with Gasteiger partial charge in [-0.1, -0.05) is 35.9 Å². The van der Waals surface area contributed by atoms with Crippen molar-refractivity contribution in [3.05, 3.63) is 70.4 Å². The van der Waals surface area contributed by atoms with Crippen molar-refractivity contribution in [3.8, 4) is 0 Å². The van der Waals surface area contributed by atoms with Gasteiger partial charge < -0.3 is 30.9 Å². The largest absolute Gasteiger partial charge is 0.490 e. The summed E-state index contributed by atoms with van der Waals surface area (Å²) in [6.07, 6.45) is -3.22. The molecular formula is C24H25ClF3N3O6. The van der Waals surface area contributed by atoms with E-state index in [4.69, 9.17) is 26.6 Å². The van der Waals surface area contributed by atoms with Crippen LogP contribution in [-0.2, 0) is 16.0 Å². The van der Waals surface area contributed by atoms with Gasteiger partial charge in [-0.25, -0.2) is 4.79 Å². The molecule has 3 aromatic rings. The predicted octanol–water partition coefficient (Wildman–Crippen LogP) is 3.52. The number of aromatic amines is 1. The third-order valence-electron chi connectivity index (χ3n) is 5.11. The van der Waals surface area contributed by atoms with Crippen molar-refractivity contribution in [2.45, 2.75) is 31.7 Å². The van der Waals surface area contributed by atoms with Crippen molar-refractivity contribution in [1.29, 1.82) is 0 Å². The molecule has 0 aliphatic rings. The fourth-order valence-corrected chi connectivity index (χ4v) is 3.57. The van der Waals surface area contributed by atoms with Crippen molar-refractivity contribution in [2.75, 3.05) is 13.1 Å². The predicted molar refractivity (Wildman–Crippen MR) is 130 cm³/mol. The summed E-state index contributed by atoms with van der Waals surface area (Å²) >= 11 is 5.98. The summed E-state index contributed by atoms with van der Waals surface area (Å²) in [5, 5.41) is 33.4. The molecule has 0 fully saturated rings. The molecule has 1 amide bonds. The van der Waals surface area contributed by atoms with Crippen LogP contribution in [0.1, 0.15) is 34.5 Å². The van der Waals surface area contributed by atoms with Crippen LogP contribution in [0.4, 0.5) is 13.2 Å². The highest BCUT2D eigenvalue weighted by molar-refractivity contribution is 6.30. The van der Waals surface area contributed by atoms with E-state index in [1.165, 1.54) is 0 Å². The van der Waals surface area contributed by atoms with Crippen LogP contribution in [0.2, 0.25) is 5.02 Å². The molecule has 2 aromatic carbocycles. The summed E-state index contributed by atoms with van der Waals surface area (Å²) in [5.41, 5.74) is 2.85. The van der Waals surface area contributed by atoms with Gasteiger partial charge in [-0.3, -0.25) is 9.59 Å². The first kappa shape index (κ1) is 29.6. The number of aliphatic hydroxyl groups is 1. The molecule has 0 bridgehead atoms. The number of fused-ring (bicyclic) bond motifs is 1. The molecule has 0 aliphatic heterocycles. The molecule has 1 aromatic heterocycles. The molecule has 2 atom stereocenters. The number of halogens is 4. The lowest BCUT2D eigenvalue weighted by Gasteiger charge is -2.17. The molecule has 0 saturated carbocycles. The zero-order chi connectivity index (χ0) is 27.8. The lowest BCUT2D eigenvalue weighted by Crippen LogP contribution is -2.32. The summed E-state index contributed by atoms with van der Waals surface area (Å²) < 4.78 is 31.7. The van der Waals surface area contributed by atoms with Gasteiger partial charge in [-0.05, 0) is 42.7 Å². The summed E-state index contributed by atoms with van der Waals surface area (Å²) in [7, 11) is 0. The smallest absolute Gasteiger partial charge is 0.480 e. The minimum Gasteiger partial charge on any atom is -0.480 e. The summed E-state index contributed by atoms with van der Waals surface area (Å²) in [5.74, 6) is -4.29. The number of carbonyl (C=O) groups is 3. The second-order valence-electron chi connectivity index (χ2n) is 8.01. The number of alkyl halides is 3. The molecule has 0 spiro atoms. The number of nitrogens with one attached hydrogen (secondary N) is 3.